The molecule has 21 heavy (non-hydrogen) atoms. The van der Waals surface area contributed by atoms with Crippen molar-refractivity contribution in [1.82, 2.24) is 10.3 Å². The molecule has 2 amide bonds. The van der Waals surface area contributed by atoms with Crippen molar-refractivity contribution in [3.8, 4) is 0 Å². The summed E-state index contributed by atoms with van der Waals surface area (Å²) in [5.41, 5.74) is 0.656. The predicted molar refractivity (Wildman–Crippen MR) is 73.9 cm³/mol. The standard InChI is InChI=1S/C15H13F2N3O/c16-11-4-2-1-3-9(11)10-7-14(10)20-15(21)19-13-5-6-18-8-12(13)17/h1-6,8,10,14H,7H2,(H2,18,19,20,21)/t10-,14-/m1/s1. The van der Waals surface area contributed by atoms with Gasteiger partial charge in [0.2, 0.25) is 0 Å². The van der Waals surface area contributed by atoms with E-state index in [0.717, 1.165) is 6.20 Å². The summed E-state index contributed by atoms with van der Waals surface area (Å²) in [6.45, 7) is 0. The van der Waals surface area contributed by atoms with E-state index in [4.69, 9.17) is 0 Å². The Bertz CT molecular complexity index is 677. The third-order valence-corrected chi connectivity index (χ3v) is 3.43. The van der Waals surface area contributed by atoms with Crippen molar-refractivity contribution in [3.05, 3.63) is 59.9 Å². The fourth-order valence-electron chi connectivity index (χ4n) is 2.28. The SMILES string of the molecule is O=C(Nc1ccncc1F)N[C@@H]1C[C@@H]1c1ccccc1F. The average molecular weight is 289 g/mol. The van der Waals surface area contributed by atoms with Crippen LogP contribution in [0.25, 0.3) is 0 Å². The van der Waals surface area contributed by atoms with E-state index in [0.29, 0.717) is 12.0 Å². The molecule has 1 saturated carbocycles. The highest BCUT2D eigenvalue weighted by molar-refractivity contribution is 5.89. The first-order valence-electron chi connectivity index (χ1n) is 6.56. The van der Waals surface area contributed by atoms with E-state index in [1.54, 1.807) is 18.2 Å². The molecule has 0 aliphatic heterocycles. The Kier molecular flexibility index (Phi) is 3.51. The van der Waals surface area contributed by atoms with Crippen molar-refractivity contribution in [2.75, 3.05) is 5.32 Å². The van der Waals surface area contributed by atoms with Gasteiger partial charge in [-0.25, -0.2) is 13.6 Å². The van der Waals surface area contributed by atoms with Crippen LogP contribution >= 0.6 is 0 Å². The molecule has 2 aromatic rings. The molecule has 4 nitrogen and oxygen atoms in total. The number of aromatic nitrogens is 1. The van der Waals surface area contributed by atoms with E-state index >= 15 is 0 Å². The number of carbonyl (C=O) groups is 1. The van der Waals surface area contributed by atoms with Crippen molar-refractivity contribution in [2.24, 2.45) is 0 Å². The Labute approximate surface area is 120 Å². The van der Waals surface area contributed by atoms with Gasteiger partial charge in [-0.05, 0) is 24.1 Å². The zero-order valence-electron chi connectivity index (χ0n) is 11.0. The molecule has 108 valence electrons. The van der Waals surface area contributed by atoms with Crippen LogP contribution in [0.1, 0.15) is 17.9 Å². The van der Waals surface area contributed by atoms with Gasteiger partial charge in [-0.2, -0.15) is 0 Å². The molecule has 2 N–H and O–H groups in total. The molecular formula is C15H13F2N3O. The summed E-state index contributed by atoms with van der Waals surface area (Å²) in [6, 6.07) is 7.23. The Balaban J connectivity index is 1.58. The first-order chi connectivity index (χ1) is 10.1. The second-order valence-electron chi connectivity index (χ2n) is 4.92. The van der Waals surface area contributed by atoms with Gasteiger partial charge in [-0.3, -0.25) is 4.98 Å². The Morgan fingerprint density at radius 3 is 2.76 bits per heavy atom. The molecule has 6 heteroatoms. The number of amides is 2. The summed E-state index contributed by atoms with van der Waals surface area (Å²) in [5.74, 6) is -0.902. The Morgan fingerprint density at radius 1 is 1.19 bits per heavy atom. The molecule has 1 aliphatic rings. The molecule has 1 aromatic heterocycles. The summed E-state index contributed by atoms with van der Waals surface area (Å²) >= 11 is 0. The molecular weight excluding hydrogens is 276 g/mol. The molecule has 0 bridgehead atoms. The maximum absolute atomic E-state index is 13.6. The largest absolute Gasteiger partial charge is 0.334 e. The third-order valence-electron chi connectivity index (χ3n) is 3.43. The lowest BCUT2D eigenvalue weighted by atomic mass is 10.1. The van der Waals surface area contributed by atoms with Crippen LogP contribution in [0.15, 0.2) is 42.7 Å². The molecule has 1 aliphatic carbocycles. The van der Waals surface area contributed by atoms with Crippen LogP contribution in [0.2, 0.25) is 0 Å². The van der Waals surface area contributed by atoms with E-state index in [2.05, 4.69) is 15.6 Å². The fraction of sp³-hybridized carbons (Fsp3) is 0.200. The van der Waals surface area contributed by atoms with Crippen LogP contribution in [0, 0.1) is 11.6 Å². The van der Waals surface area contributed by atoms with Crippen molar-refractivity contribution in [1.29, 1.82) is 0 Å². The van der Waals surface area contributed by atoms with Crippen LogP contribution in [0.4, 0.5) is 19.3 Å². The van der Waals surface area contributed by atoms with Gasteiger partial charge in [0.15, 0.2) is 5.82 Å². The average Bonchev–Trinajstić information content (AvgIpc) is 3.21. The maximum Gasteiger partial charge on any atom is 0.319 e. The van der Waals surface area contributed by atoms with Crippen LogP contribution in [0.5, 0.6) is 0 Å². The van der Waals surface area contributed by atoms with Gasteiger partial charge in [0.05, 0.1) is 11.9 Å². The van der Waals surface area contributed by atoms with Crippen LogP contribution in [0.3, 0.4) is 0 Å². The fourth-order valence-corrected chi connectivity index (χ4v) is 2.28. The van der Waals surface area contributed by atoms with Gasteiger partial charge in [-0.1, -0.05) is 18.2 Å². The first kappa shape index (κ1) is 13.5. The summed E-state index contributed by atoms with van der Waals surface area (Å²) in [5, 5.41) is 5.11. The minimum absolute atomic E-state index is 0.0285. The third kappa shape index (κ3) is 2.99. The zero-order valence-corrected chi connectivity index (χ0v) is 11.0. The quantitative estimate of drug-likeness (QED) is 0.912. The number of pyridine rings is 1. The van der Waals surface area contributed by atoms with Crippen LogP contribution < -0.4 is 10.6 Å². The Hall–Kier alpha value is -2.50. The molecule has 0 radical (unpaired) electrons. The molecule has 0 unspecified atom stereocenters. The number of halogens is 2. The van der Waals surface area contributed by atoms with E-state index in [1.165, 1.54) is 18.3 Å². The molecule has 1 aromatic carbocycles. The highest BCUT2D eigenvalue weighted by Crippen LogP contribution is 2.41. The summed E-state index contributed by atoms with van der Waals surface area (Å²) in [4.78, 5) is 15.4. The van der Waals surface area contributed by atoms with Crippen molar-refractivity contribution < 1.29 is 13.6 Å². The van der Waals surface area contributed by atoms with Gasteiger partial charge in [0.1, 0.15) is 5.82 Å². The van der Waals surface area contributed by atoms with Crippen molar-refractivity contribution in [2.45, 2.75) is 18.4 Å². The molecule has 3 rings (SSSR count). The number of rotatable bonds is 3. The number of nitrogens with one attached hydrogen (secondary N) is 2. The second kappa shape index (κ2) is 5.47. The zero-order chi connectivity index (χ0) is 14.8. The molecule has 0 saturated heterocycles. The van der Waals surface area contributed by atoms with Crippen LogP contribution in [-0.2, 0) is 0 Å². The normalized spacial score (nSPS) is 19.9. The van der Waals surface area contributed by atoms with E-state index < -0.39 is 11.8 Å². The number of anilines is 1. The Morgan fingerprint density at radius 2 is 2.00 bits per heavy atom. The maximum atomic E-state index is 13.6. The number of carbonyl (C=O) groups excluding carboxylic acids is 1. The topological polar surface area (TPSA) is 54.0 Å². The number of hydrogen-bond donors (Lipinski definition) is 2. The number of nitrogens with zero attached hydrogens (tertiary/aromatic N) is 1. The highest BCUT2D eigenvalue weighted by Gasteiger charge is 2.41. The highest BCUT2D eigenvalue weighted by atomic mass is 19.1. The smallest absolute Gasteiger partial charge is 0.319 e. The first-order valence-corrected chi connectivity index (χ1v) is 6.56. The van der Waals surface area contributed by atoms with Gasteiger partial charge >= 0.3 is 6.03 Å². The van der Waals surface area contributed by atoms with Gasteiger partial charge in [0.25, 0.3) is 0 Å². The minimum atomic E-state index is -0.603. The molecule has 2 atom stereocenters. The minimum Gasteiger partial charge on any atom is -0.334 e. The number of benzene rings is 1. The lowest BCUT2D eigenvalue weighted by molar-refractivity contribution is 0.251. The molecule has 1 fully saturated rings. The lowest BCUT2D eigenvalue weighted by Crippen LogP contribution is -2.31. The van der Waals surface area contributed by atoms with Crippen LogP contribution in [-0.4, -0.2) is 17.1 Å². The summed E-state index contributed by atoms with van der Waals surface area (Å²) in [6.07, 6.45) is 3.08. The molecule has 1 heterocycles. The second-order valence-corrected chi connectivity index (χ2v) is 4.92. The summed E-state index contributed by atoms with van der Waals surface area (Å²) < 4.78 is 26.9. The van der Waals surface area contributed by atoms with Crippen molar-refractivity contribution in [3.63, 3.8) is 0 Å². The molecule has 0 spiro atoms. The van der Waals surface area contributed by atoms with Gasteiger partial charge in [0, 0.05) is 18.2 Å². The predicted octanol–water partition coefficient (Wildman–Crippen LogP) is 3.04. The van der Waals surface area contributed by atoms with Crippen molar-refractivity contribution >= 4 is 11.7 Å². The summed E-state index contributed by atoms with van der Waals surface area (Å²) in [7, 11) is 0. The lowest BCUT2D eigenvalue weighted by Gasteiger charge is -2.08. The monoisotopic (exact) mass is 289 g/mol. The van der Waals surface area contributed by atoms with E-state index in [9.17, 15) is 13.6 Å². The number of hydrogen-bond acceptors (Lipinski definition) is 2. The van der Waals surface area contributed by atoms with Gasteiger partial charge < -0.3 is 10.6 Å². The van der Waals surface area contributed by atoms with E-state index in [1.807, 2.05) is 0 Å². The number of urea groups is 1. The van der Waals surface area contributed by atoms with E-state index in [-0.39, 0.29) is 23.5 Å². The van der Waals surface area contributed by atoms with Gasteiger partial charge in [-0.15, -0.1) is 0 Å².